The molecule has 1 atom stereocenters. The molecule has 4 heterocycles. The Morgan fingerprint density at radius 1 is 1.19 bits per heavy atom. The minimum absolute atomic E-state index is 0.327. The average molecular weight is 434 g/mol. The Bertz CT molecular complexity index is 778. The van der Waals surface area contributed by atoms with Gasteiger partial charge in [-0.1, -0.05) is 0 Å². The van der Waals surface area contributed by atoms with Crippen LogP contribution in [0.1, 0.15) is 13.8 Å². The molecule has 2 saturated heterocycles. The molecule has 0 saturated carbocycles. The number of ether oxygens (including phenoxy) is 1. The predicted molar refractivity (Wildman–Crippen MR) is 112 cm³/mol. The standard InChI is InChI=1S/C20H28BrN5O/c1-15(2)26-9-10-27-17(14-26)13-24-5-7-25(8-6-24)19-3-4-22-18-11-16(21)12-23-20(18)19/h3-4,11-12,15,17H,5-10,13-14H2,1-2H3. The van der Waals surface area contributed by atoms with Crippen molar-refractivity contribution in [1.29, 1.82) is 0 Å². The van der Waals surface area contributed by atoms with Gasteiger partial charge in [-0.3, -0.25) is 19.8 Å². The lowest BCUT2D eigenvalue weighted by molar-refractivity contribution is -0.0525. The third-order valence-corrected chi connectivity index (χ3v) is 6.03. The summed E-state index contributed by atoms with van der Waals surface area (Å²) in [6.45, 7) is 12.7. The van der Waals surface area contributed by atoms with Gasteiger partial charge in [0.05, 0.1) is 23.9 Å². The van der Waals surface area contributed by atoms with Crippen molar-refractivity contribution in [3.05, 3.63) is 29.0 Å². The molecule has 2 fully saturated rings. The maximum Gasteiger partial charge on any atom is 0.112 e. The van der Waals surface area contributed by atoms with Crippen LogP contribution in [0.5, 0.6) is 0 Å². The molecule has 27 heavy (non-hydrogen) atoms. The third-order valence-electron chi connectivity index (χ3n) is 5.60. The number of pyridine rings is 2. The van der Waals surface area contributed by atoms with E-state index in [2.05, 4.69) is 60.5 Å². The molecule has 0 radical (unpaired) electrons. The molecule has 2 aliphatic rings. The molecular weight excluding hydrogens is 406 g/mol. The van der Waals surface area contributed by atoms with E-state index in [4.69, 9.17) is 4.74 Å². The maximum atomic E-state index is 6.02. The van der Waals surface area contributed by atoms with Crippen molar-refractivity contribution in [2.24, 2.45) is 0 Å². The fraction of sp³-hybridized carbons (Fsp3) is 0.600. The Morgan fingerprint density at radius 2 is 2.00 bits per heavy atom. The van der Waals surface area contributed by atoms with Gasteiger partial charge in [-0.05, 0) is 41.9 Å². The Kier molecular flexibility index (Phi) is 5.92. The second-order valence-corrected chi connectivity index (χ2v) is 8.64. The normalized spacial score (nSPS) is 22.7. The average Bonchev–Trinajstić information content (AvgIpc) is 2.68. The smallest absolute Gasteiger partial charge is 0.112 e. The number of nitrogens with zero attached hydrogens (tertiary/aromatic N) is 5. The summed E-state index contributed by atoms with van der Waals surface area (Å²) in [5.41, 5.74) is 3.11. The van der Waals surface area contributed by atoms with E-state index in [0.717, 1.165) is 67.9 Å². The van der Waals surface area contributed by atoms with E-state index in [1.54, 1.807) is 0 Å². The molecule has 2 aliphatic heterocycles. The molecule has 0 aromatic carbocycles. The third kappa shape index (κ3) is 4.42. The van der Waals surface area contributed by atoms with Gasteiger partial charge in [0.25, 0.3) is 0 Å². The van der Waals surface area contributed by atoms with Crippen molar-refractivity contribution < 1.29 is 4.74 Å². The van der Waals surface area contributed by atoms with Crippen LogP contribution >= 0.6 is 15.9 Å². The molecule has 2 aromatic rings. The summed E-state index contributed by atoms with van der Waals surface area (Å²) in [5, 5.41) is 0. The van der Waals surface area contributed by atoms with E-state index >= 15 is 0 Å². The van der Waals surface area contributed by atoms with Crippen LogP contribution in [-0.4, -0.2) is 84.3 Å². The molecule has 0 bridgehead atoms. The Morgan fingerprint density at radius 3 is 2.78 bits per heavy atom. The first-order chi connectivity index (χ1) is 13.1. The van der Waals surface area contributed by atoms with Crippen LogP contribution in [-0.2, 0) is 4.74 Å². The molecular formula is C20H28BrN5O. The van der Waals surface area contributed by atoms with Crippen molar-refractivity contribution in [3.63, 3.8) is 0 Å². The van der Waals surface area contributed by atoms with Gasteiger partial charge in [-0.25, -0.2) is 0 Å². The van der Waals surface area contributed by atoms with Gasteiger partial charge in [-0.2, -0.15) is 0 Å². The highest BCUT2D eigenvalue weighted by molar-refractivity contribution is 9.10. The summed E-state index contributed by atoms with van der Waals surface area (Å²) in [6.07, 6.45) is 4.06. The number of anilines is 1. The molecule has 0 amide bonds. The van der Waals surface area contributed by atoms with Crippen molar-refractivity contribution in [2.75, 3.05) is 57.3 Å². The molecule has 0 N–H and O–H groups in total. The minimum Gasteiger partial charge on any atom is -0.374 e. The van der Waals surface area contributed by atoms with Crippen molar-refractivity contribution in [1.82, 2.24) is 19.8 Å². The van der Waals surface area contributed by atoms with Gasteiger partial charge in [0.2, 0.25) is 0 Å². The second-order valence-electron chi connectivity index (χ2n) is 7.72. The van der Waals surface area contributed by atoms with Crippen molar-refractivity contribution in [2.45, 2.75) is 26.0 Å². The van der Waals surface area contributed by atoms with Crippen molar-refractivity contribution in [3.8, 4) is 0 Å². The number of hydrogen-bond acceptors (Lipinski definition) is 6. The van der Waals surface area contributed by atoms with Crippen LogP contribution in [0.25, 0.3) is 11.0 Å². The highest BCUT2D eigenvalue weighted by Gasteiger charge is 2.26. The largest absolute Gasteiger partial charge is 0.374 e. The SMILES string of the molecule is CC(C)N1CCOC(CN2CCN(c3ccnc4cc(Br)cnc34)CC2)C1. The zero-order valence-electron chi connectivity index (χ0n) is 16.1. The number of piperazine rings is 1. The Balaban J connectivity index is 1.37. The fourth-order valence-electron chi connectivity index (χ4n) is 4.03. The minimum atomic E-state index is 0.327. The molecule has 146 valence electrons. The number of aromatic nitrogens is 2. The molecule has 2 aromatic heterocycles. The van der Waals surface area contributed by atoms with E-state index in [9.17, 15) is 0 Å². The first kappa shape index (κ1) is 19.1. The zero-order valence-corrected chi connectivity index (χ0v) is 17.7. The van der Waals surface area contributed by atoms with Crippen LogP contribution in [0.3, 0.4) is 0 Å². The molecule has 4 rings (SSSR count). The van der Waals surface area contributed by atoms with Crippen LogP contribution in [0, 0.1) is 0 Å². The number of fused-ring (bicyclic) bond motifs is 1. The molecule has 0 aliphatic carbocycles. The first-order valence-corrected chi connectivity index (χ1v) is 10.6. The number of halogens is 1. The maximum absolute atomic E-state index is 6.02. The van der Waals surface area contributed by atoms with E-state index in [1.807, 2.05) is 18.5 Å². The molecule has 1 unspecified atom stereocenters. The topological polar surface area (TPSA) is 44.7 Å². The molecule has 7 heteroatoms. The first-order valence-electron chi connectivity index (χ1n) is 9.83. The molecule has 0 spiro atoms. The summed E-state index contributed by atoms with van der Waals surface area (Å²) in [4.78, 5) is 16.6. The van der Waals surface area contributed by atoms with Gasteiger partial charge in [0.15, 0.2) is 0 Å². The number of rotatable bonds is 4. The summed E-state index contributed by atoms with van der Waals surface area (Å²) in [7, 11) is 0. The van der Waals surface area contributed by atoms with E-state index < -0.39 is 0 Å². The summed E-state index contributed by atoms with van der Waals surface area (Å²) < 4.78 is 6.99. The lowest BCUT2D eigenvalue weighted by atomic mass is 10.2. The number of hydrogen-bond donors (Lipinski definition) is 0. The predicted octanol–water partition coefficient (Wildman–Crippen LogP) is 2.62. The summed E-state index contributed by atoms with van der Waals surface area (Å²) in [6, 6.07) is 4.72. The lowest BCUT2D eigenvalue weighted by Gasteiger charge is -2.40. The van der Waals surface area contributed by atoms with E-state index in [-0.39, 0.29) is 0 Å². The highest BCUT2D eigenvalue weighted by atomic mass is 79.9. The van der Waals surface area contributed by atoms with Crippen LogP contribution in [0.15, 0.2) is 29.0 Å². The summed E-state index contributed by atoms with van der Waals surface area (Å²) in [5.74, 6) is 0. The zero-order chi connectivity index (χ0) is 18.8. The van der Waals surface area contributed by atoms with Gasteiger partial charge in [0.1, 0.15) is 5.52 Å². The van der Waals surface area contributed by atoms with Crippen molar-refractivity contribution >= 4 is 32.7 Å². The van der Waals surface area contributed by atoms with Crippen LogP contribution in [0.4, 0.5) is 5.69 Å². The Labute approximate surface area is 169 Å². The Hall–Kier alpha value is -1.28. The fourth-order valence-corrected chi connectivity index (χ4v) is 4.35. The van der Waals surface area contributed by atoms with E-state index in [0.29, 0.717) is 12.1 Å². The molecule has 6 nitrogen and oxygen atoms in total. The van der Waals surface area contributed by atoms with Crippen LogP contribution < -0.4 is 4.90 Å². The van der Waals surface area contributed by atoms with Gasteiger partial charge >= 0.3 is 0 Å². The van der Waals surface area contributed by atoms with Gasteiger partial charge in [0, 0.05) is 68.7 Å². The highest BCUT2D eigenvalue weighted by Crippen LogP contribution is 2.26. The lowest BCUT2D eigenvalue weighted by Crippen LogP contribution is -2.53. The van der Waals surface area contributed by atoms with E-state index in [1.165, 1.54) is 5.69 Å². The number of morpholine rings is 1. The quantitative estimate of drug-likeness (QED) is 0.738. The monoisotopic (exact) mass is 433 g/mol. The second kappa shape index (κ2) is 8.39. The van der Waals surface area contributed by atoms with Gasteiger partial charge < -0.3 is 9.64 Å². The summed E-state index contributed by atoms with van der Waals surface area (Å²) >= 11 is 3.48. The van der Waals surface area contributed by atoms with Gasteiger partial charge in [-0.15, -0.1) is 0 Å². The van der Waals surface area contributed by atoms with Crippen LogP contribution in [0.2, 0.25) is 0 Å².